The Kier molecular flexibility index (Phi) is 4.87. The van der Waals surface area contributed by atoms with E-state index in [1.807, 2.05) is 30.3 Å². The molecule has 1 aromatic heterocycles. The van der Waals surface area contributed by atoms with Gasteiger partial charge >= 0.3 is 0 Å². The Morgan fingerprint density at radius 2 is 1.83 bits per heavy atom. The molecule has 120 valence electrons. The molecule has 0 aliphatic carbocycles. The monoisotopic (exact) mass is 328 g/mol. The molecule has 0 amide bonds. The van der Waals surface area contributed by atoms with Gasteiger partial charge in [-0.05, 0) is 42.8 Å². The second-order valence-corrected chi connectivity index (χ2v) is 6.36. The zero-order chi connectivity index (χ0) is 16.2. The van der Waals surface area contributed by atoms with Crippen LogP contribution in [-0.2, 0) is 6.54 Å². The highest BCUT2D eigenvalue weighted by Gasteiger charge is 2.12. The fourth-order valence-corrected chi connectivity index (χ4v) is 2.84. The minimum Gasteiger partial charge on any atom is -0.494 e. The Hall–Kier alpha value is -2.00. The third-order valence-corrected chi connectivity index (χ3v) is 4.06. The number of para-hydroxylation sites is 2. The Morgan fingerprint density at radius 3 is 2.57 bits per heavy atom. The van der Waals surface area contributed by atoms with Crippen LogP contribution in [0.15, 0.2) is 48.5 Å². The van der Waals surface area contributed by atoms with E-state index in [9.17, 15) is 0 Å². The molecule has 2 aromatic carbocycles. The number of rotatable bonds is 6. The van der Waals surface area contributed by atoms with E-state index in [0.29, 0.717) is 12.5 Å². The van der Waals surface area contributed by atoms with Gasteiger partial charge in [-0.25, -0.2) is 4.98 Å². The lowest BCUT2D eigenvalue weighted by atomic mass is 10.2. The summed E-state index contributed by atoms with van der Waals surface area (Å²) in [5.41, 5.74) is 2.26. The third kappa shape index (κ3) is 3.67. The lowest BCUT2D eigenvalue weighted by molar-refractivity contribution is 0.301. The van der Waals surface area contributed by atoms with Crippen LogP contribution in [0.2, 0.25) is 5.02 Å². The van der Waals surface area contributed by atoms with E-state index in [2.05, 4.69) is 36.6 Å². The fraction of sp³-hybridized carbons (Fsp3) is 0.316. The van der Waals surface area contributed by atoms with Gasteiger partial charge in [-0.15, -0.1) is 0 Å². The van der Waals surface area contributed by atoms with Crippen LogP contribution in [0, 0.1) is 0 Å². The highest BCUT2D eigenvalue weighted by atomic mass is 35.5. The summed E-state index contributed by atoms with van der Waals surface area (Å²) in [7, 11) is 0. The van der Waals surface area contributed by atoms with Gasteiger partial charge in [0.25, 0.3) is 0 Å². The first-order valence-corrected chi connectivity index (χ1v) is 8.36. The number of hydrogen-bond acceptors (Lipinski definition) is 2. The van der Waals surface area contributed by atoms with E-state index in [-0.39, 0.29) is 0 Å². The van der Waals surface area contributed by atoms with Crippen LogP contribution in [0.3, 0.4) is 0 Å². The molecular weight excluding hydrogens is 308 g/mol. The van der Waals surface area contributed by atoms with Crippen molar-refractivity contribution in [2.45, 2.75) is 32.7 Å². The average Bonchev–Trinajstić information content (AvgIpc) is 2.92. The number of ether oxygens (including phenoxy) is 1. The molecule has 1 heterocycles. The summed E-state index contributed by atoms with van der Waals surface area (Å²) >= 11 is 5.88. The minimum atomic E-state index is 0.402. The summed E-state index contributed by atoms with van der Waals surface area (Å²) in [6, 6.07) is 15.8. The summed E-state index contributed by atoms with van der Waals surface area (Å²) < 4.78 is 8.09. The normalized spacial score (nSPS) is 11.3. The molecule has 0 fully saturated rings. The third-order valence-electron chi connectivity index (χ3n) is 3.81. The molecule has 0 unspecified atom stereocenters. The highest BCUT2D eigenvalue weighted by Crippen LogP contribution is 2.22. The van der Waals surface area contributed by atoms with Gasteiger partial charge in [-0.3, -0.25) is 0 Å². The van der Waals surface area contributed by atoms with Gasteiger partial charge in [0.2, 0.25) is 0 Å². The van der Waals surface area contributed by atoms with Crippen LogP contribution >= 0.6 is 11.6 Å². The van der Waals surface area contributed by atoms with Crippen LogP contribution in [0.25, 0.3) is 11.0 Å². The summed E-state index contributed by atoms with van der Waals surface area (Å²) in [6.07, 6.45) is 0.933. The van der Waals surface area contributed by atoms with Crippen molar-refractivity contribution in [2.75, 3.05) is 6.61 Å². The molecule has 0 radical (unpaired) electrons. The highest BCUT2D eigenvalue weighted by molar-refractivity contribution is 6.30. The number of fused-ring (bicyclic) bond motifs is 1. The second-order valence-electron chi connectivity index (χ2n) is 5.92. The Labute approximate surface area is 141 Å². The second kappa shape index (κ2) is 7.05. The van der Waals surface area contributed by atoms with Crippen molar-refractivity contribution in [3.8, 4) is 5.75 Å². The lowest BCUT2D eigenvalue weighted by Crippen LogP contribution is -2.09. The van der Waals surface area contributed by atoms with E-state index >= 15 is 0 Å². The van der Waals surface area contributed by atoms with E-state index in [1.165, 1.54) is 5.52 Å². The molecular formula is C19H21ClN2O. The largest absolute Gasteiger partial charge is 0.494 e. The van der Waals surface area contributed by atoms with Gasteiger partial charge < -0.3 is 9.30 Å². The molecule has 0 N–H and O–H groups in total. The molecule has 0 atom stereocenters. The topological polar surface area (TPSA) is 27.1 Å². The standard InChI is InChI=1S/C19H21ClN2O/c1-14(2)19-21-17-6-3-4-7-18(17)22(19)12-5-13-23-16-10-8-15(20)9-11-16/h3-4,6-11,14H,5,12-13H2,1-2H3. The summed E-state index contributed by atoms with van der Waals surface area (Å²) in [5, 5.41) is 0.726. The van der Waals surface area contributed by atoms with Crippen molar-refractivity contribution in [3.05, 3.63) is 59.4 Å². The first kappa shape index (κ1) is 15.9. The van der Waals surface area contributed by atoms with Crippen molar-refractivity contribution < 1.29 is 4.74 Å². The first-order chi connectivity index (χ1) is 11.1. The molecule has 0 saturated carbocycles. The molecule has 4 heteroatoms. The van der Waals surface area contributed by atoms with Crippen LogP contribution in [0.1, 0.15) is 32.0 Å². The van der Waals surface area contributed by atoms with E-state index < -0.39 is 0 Å². The van der Waals surface area contributed by atoms with Gasteiger partial charge in [0.1, 0.15) is 11.6 Å². The average molecular weight is 329 g/mol. The van der Waals surface area contributed by atoms with Crippen molar-refractivity contribution in [2.24, 2.45) is 0 Å². The number of aromatic nitrogens is 2. The molecule has 0 aliphatic heterocycles. The number of imidazole rings is 1. The molecule has 3 aromatic rings. The van der Waals surface area contributed by atoms with E-state index in [0.717, 1.165) is 35.1 Å². The molecule has 3 nitrogen and oxygen atoms in total. The van der Waals surface area contributed by atoms with Crippen LogP contribution in [0.5, 0.6) is 5.75 Å². The summed E-state index contributed by atoms with van der Waals surface area (Å²) in [6.45, 7) is 5.94. The Morgan fingerprint density at radius 1 is 1.09 bits per heavy atom. The van der Waals surface area contributed by atoms with Crippen molar-refractivity contribution in [1.29, 1.82) is 0 Å². The maximum absolute atomic E-state index is 5.88. The van der Waals surface area contributed by atoms with Gasteiger partial charge in [0.15, 0.2) is 0 Å². The number of nitrogens with zero attached hydrogens (tertiary/aromatic N) is 2. The molecule has 3 rings (SSSR count). The molecule has 23 heavy (non-hydrogen) atoms. The molecule has 0 bridgehead atoms. The maximum Gasteiger partial charge on any atom is 0.119 e. The van der Waals surface area contributed by atoms with Crippen molar-refractivity contribution in [3.63, 3.8) is 0 Å². The van der Waals surface area contributed by atoms with E-state index in [4.69, 9.17) is 21.3 Å². The Balaban J connectivity index is 1.66. The Bertz CT molecular complexity index is 778. The minimum absolute atomic E-state index is 0.402. The zero-order valence-electron chi connectivity index (χ0n) is 13.5. The maximum atomic E-state index is 5.88. The molecule has 0 spiro atoms. The molecule has 0 saturated heterocycles. The SMILES string of the molecule is CC(C)c1nc2ccccc2n1CCCOc1ccc(Cl)cc1. The van der Waals surface area contributed by atoms with Crippen molar-refractivity contribution in [1.82, 2.24) is 9.55 Å². The number of benzene rings is 2. The summed E-state index contributed by atoms with van der Waals surface area (Å²) in [5.74, 6) is 2.39. The van der Waals surface area contributed by atoms with Gasteiger partial charge in [0.05, 0.1) is 17.6 Å². The predicted molar refractivity (Wildman–Crippen MR) is 95.4 cm³/mol. The summed E-state index contributed by atoms with van der Waals surface area (Å²) in [4.78, 5) is 4.77. The van der Waals surface area contributed by atoms with Gasteiger partial charge in [-0.2, -0.15) is 0 Å². The van der Waals surface area contributed by atoms with E-state index in [1.54, 1.807) is 0 Å². The van der Waals surface area contributed by atoms with Crippen LogP contribution in [0.4, 0.5) is 0 Å². The first-order valence-electron chi connectivity index (χ1n) is 7.98. The van der Waals surface area contributed by atoms with Gasteiger partial charge in [-0.1, -0.05) is 37.6 Å². The number of aryl methyl sites for hydroxylation is 1. The van der Waals surface area contributed by atoms with Crippen LogP contribution in [-0.4, -0.2) is 16.2 Å². The number of halogens is 1. The quantitative estimate of drug-likeness (QED) is 0.575. The smallest absolute Gasteiger partial charge is 0.119 e. The number of hydrogen-bond donors (Lipinski definition) is 0. The van der Waals surface area contributed by atoms with Crippen LogP contribution < -0.4 is 4.74 Å². The van der Waals surface area contributed by atoms with Crippen molar-refractivity contribution >= 4 is 22.6 Å². The zero-order valence-corrected chi connectivity index (χ0v) is 14.3. The lowest BCUT2D eigenvalue weighted by Gasteiger charge is -2.12. The predicted octanol–water partition coefficient (Wildman–Crippen LogP) is 5.28. The van der Waals surface area contributed by atoms with Gasteiger partial charge in [0, 0.05) is 17.5 Å². The fourth-order valence-electron chi connectivity index (χ4n) is 2.71. The molecule has 0 aliphatic rings.